The van der Waals surface area contributed by atoms with Crippen molar-refractivity contribution in [3.05, 3.63) is 64.5 Å². The number of halogens is 5. The molecule has 2 aromatic rings. The third kappa shape index (κ3) is 4.23. The van der Waals surface area contributed by atoms with Gasteiger partial charge in [0.15, 0.2) is 28.2 Å². The molecule has 0 aliphatic carbocycles. The van der Waals surface area contributed by atoms with E-state index in [1.807, 2.05) is 0 Å². The van der Waals surface area contributed by atoms with Crippen LogP contribution in [0.25, 0.3) is 0 Å². The zero-order chi connectivity index (χ0) is 22.1. The number of nitrogens with one attached hydrogen (secondary N) is 1. The lowest BCUT2D eigenvalue weighted by molar-refractivity contribution is 0.0706. The molecular formula is C17H15F5N2O4S. The molecule has 0 heterocycles. The van der Waals surface area contributed by atoms with Crippen LogP contribution in [0, 0.1) is 29.1 Å². The van der Waals surface area contributed by atoms with Gasteiger partial charge in [0.1, 0.15) is 0 Å². The smallest absolute Gasteiger partial charge is 0.274 e. The minimum atomic E-state index is -5.14. The van der Waals surface area contributed by atoms with Crippen molar-refractivity contribution in [3.63, 3.8) is 0 Å². The highest BCUT2D eigenvalue weighted by molar-refractivity contribution is 7.89. The number of amides is 1. The molecule has 1 amide bonds. The number of rotatable bonds is 6. The molecule has 0 saturated carbocycles. The lowest BCUT2D eigenvalue weighted by Crippen LogP contribution is -2.37. The second kappa shape index (κ2) is 8.43. The molecule has 2 N–H and O–H groups in total. The molecule has 0 saturated heterocycles. The van der Waals surface area contributed by atoms with Crippen LogP contribution in [0.5, 0.6) is 0 Å². The fourth-order valence-corrected chi connectivity index (χ4v) is 4.22. The average molecular weight is 438 g/mol. The maximum Gasteiger partial charge on any atom is 0.274 e. The first-order chi connectivity index (χ1) is 13.4. The predicted molar refractivity (Wildman–Crippen MR) is 89.8 cm³/mol. The van der Waals surface area contributed by atoms with Gasteiger partial charge in [-0.15, -0.1) is 0 Å². The van der Waals surface area contributed by atoms with Crippen LogP contribution in [0.15, 0.2) is 29.2 Å². The van der Waals surface area contributed by atoms with Crippen molar-refractivity contribution in [2.75, 3.05) is 0 Å². The van der Waals surface area contributed by atoms with Crippen molar-refractivity contribution in [1.82, 2.24) is 9.79 Å². The summed E-state index contributed by atoms with van der Waals surface area (Å²) in [5.41, 5.74) is 1.69. The Kier molecular flexibility index (Phi) is 6.60. The monoisotopic (exact) mass is 438 g/mol. The van der Waals surface area contributed by atoms with Crippen molar-refractivity contribution in [3.8, 4) is 0 Å². The molecule has 0 atom stereocenters. The number of hydrogen-bond donors (Lipinski definition) is 2. The Bertz CT molecular complexity index is 1010. The van der Waals surface area contributed by atoms with Gasteiger partial charge in [-0.1, -0.05) is 12.1 Å². The molecule has 158 valence electrons. The van der Waals surface area contributed by atoms with Gasteiger partial charge in [0, 0.05) is 18.2 Å². The third-order valence-corrected chi connectivity index (χ3v) is 6.01. The number of nitrogens with zero attached hydrogens (tertiary/aromatic N) is 1. The summed E-state index contributed by atoms with van der Waals surface area (Å²) in [7, 11) is -5.14. The molecule has 6 nitrogen and oxygen atoms in total. The van der Waals surface area contributed by atoms with E-state index in [1.165, 1.54) is 43.6 Å². The Morgan fingerprint density at radius 1 is 0.966 bits per heavy atom. The topological polar surface area (TPSA) is 86.7 Å². The summed E-state index contributed by atoms with van der Waals surface area (Å²) >= 11 is 0. The molecule has 0 unspecified atom stereocenters. The number of carbonyl (C=O) groups is 1. The van der Waals surface area contributed by atoms with Gasteiger partial charge < -0.3 is 0 Å². The van der Waals surface area contributed by atoms with E-state index in [0.717, 1.165) is 0 Å². The fraction of sp³-hybridized carbons (Fsp3) is 0.235. The summed E-state index contributed by atoms with van der Waals surface area (Å²) in [5.74, 6) is -12.9. The van der Waals surface area contributed by atoms with E-state index >= 15 is 0 Å². The molecule has 2 aromatic carbocycles. The fourth-order valence-electron chi connectivity index (χ4n) is 2.48. The number of carbonyl (C=O) groups excluding carboxylic acids is 1. The van der Waals surface area contributed by atoms with E-state index in [1.54, 1.807) is 0 Å². The van der Waals surface area contributed by atoms with Crippen LogP contribution in [0.4, 0.5) is 22.0 Å². The summed E-state index contributed by atoms with van der Waals surface area (Å²) < 4.78 is 94.3. The first kappa shape index (κ1) is 22.7. The minimum Gasteiger partial charge on any atom is -0.288 e. The van der Waals surface area contributed by atoms with Crippen LogP contribution in [0.2, 0.25) is 0 Å². The maximum atomic E-state index is 14.0. The predicted octanol–water partition coefficient (Wildman–Crippen LogP) is 3.10. The Hall–Kier alpha value is -2.57. The highest BCUT2D eigenvalue weighted by Crippen LogP contribution is 2.30. The van der Waals surface area contributed by atoms with Gasteiger partial charge >= 0.3 is 0 Å². The number of sulfonamides is 1. The van der Waals surface area contributed by atoms with Crippen LogP contribution >= 0.6 is 0 Å². The Balaban J connectivity index is 2.52. The van der Waals surface area contributed by atoms with Crippen molar-refractivity contribution < 1.29 is 40.4 Å². The van der Waals surface area contributed by atoms with E-state index in [-0.39, 0.29) is 11.1 Å². The van der Waals surface area contributed by atoms with Gasteiger partial charge in [-0.2, -0.15) is 4.31 Å². The average Bonchev–Trinajstić information content (AvgIpc) is 2.68. The summed E-state index contributed by atoms with van der Waals surface area (Å²) in [6.07, 6.45) is 0. The first-order valence-electron chi connectivity index (χ1n) is 8.00. The zero-order valence-corrected chi connectivity index (χ0v) is 15.8. The van der Waals surface area contributed by atoms with E-state index in [2.05, 4.69) is 0 Å². The number of hydrogen-bond acceptors (Lipinski definition) is 4. The van der Waals surface area contributed by atoms with Crippen LogP contribution < -0.4 is 5.48 Å². The van der Waals surface area contributed by atoms with Gasteiger partial charge in [0.05, 0.1) is 0 Å². The molecule has 0 spiro atoms. The van der Waals surface area contributed by atoms with Gasteiger partial charge in [-0.25, -0.2) is 35.8 Å². The number of benzene rings is 2. The van der Waals surface area contributed by atoms with Gasteiger partial charge in [0.25, 0.3) is 5.91 Å². The van der Waals surface area contributed by atoms with Crippen LogP contribution in [0.3, 0.4) is 0 Å². The van der Waals surface area contributed by atoms with Gasteiger partial charge in [0.2, 0.25) is 15.8 Å². The zero-order valence-electron chi connectivity index (χ0n) is 15.0. The molecule has 0 aromatic heterocycles. The highest BCUT2D eigenvalue weighted by atomic mass is 32.2. The van der Waals surface area contributed by atoms with Crippen molar-refractivity contribution in [2.45, 2.75) is 31.3 Å². The van der Waals surface area contributed by atoms with Gasteiger partial charge in [-0.05, 0) is 31.5 Å². The van der Waals surface area contributed by atoms with Crippen LogP contribution in [-0.2, 0) is 16.6 Å². The molecule has 29 heavy (non-hydrogen) atoms. The van der Waals surface area contributed by atoms with Crippen LogP contribution in [0.1, 0.15) is 29.8 Å². The second-order valence-corrected chi connectivity index (χ2v) is 8.01. The van der Waals surface area contributed by atoms with Crippen LogP contribution in [-0.4, -0.2) is 29.9 Å². The van der Waals surface area contributed by atoms with Crippen molar-refractivity contribution in [2.24, 2.45) is 0 Å². The molecular weight excluding hydrogens is 423 g/mol. The summed E-state index contributed by atoms with van der Waals surface area (Å²) in [6, 6.07) is 4.16. The molecule has 0 radical (unpaired) electrons. The highest BCUT2D eigenvalue weighted by Gasteiger charge is 2.38. The Morgan fingerprint density at radius 2 is 1.41 bits per heavy atom. The maximum absolute atomic E-state index is 14.0. The minimum absolute atomic E-state index is 0.0370. The van der Waals surface area contributed by atoms with Crippen molar-refractivity contribution >= 4 is 15.9 Å². The van der Waals surface area contributed by atoms with Gasteiger partial charge in [-0.3, -0.25) is 10.0 Å². The summed E-state index contributed by atoms with van der Waals surface area (Å²) in [5, 5.41) is 8.58. The third-order valence-electron chi connectivity index (χ3n) is 3.97. The van der Waals surface area contributed by atoms with E-state index in [9.17, 15) is 35.2 Å². The normalized spacial score (nSPS) is 11.9. The molecule has 0 bridgehead atoms. The lowest BCUT2D eigenvalue weighted by atomic mass is 10.1. The molecule has 0 aliphatic heterocycles. The molecule has 2 rings (SSSR count). The first-order valence-corrected chi connectivity index (χ1v) is 9.44. The van der Waals surface area contributed by atoms with Crippen molar-refractivity contribution in [1.29, 1.82) is 0 Å². The number of hydroxylamine groups is 1. The summed E-state index contributed by atoms with van der Waals surface area (Å²) in [6.45, 7) is 2.20. The largest absolute Gasteiger partial charge is 0.288 e. The molecule has 12 heteroatoms. The Morgan fingerprint density at radius 3 is 1.83 bits per heavy atom. The SMILES string of the molecule is CC(C)N(Cc1ccc(C(=O)NO)cc1)S(=O)(=O)c1c(F)c(F)c(F)c(F)c1F. The standard InChI is InChI=1S/C17H15F5N2O4S/c1-8(2)24(7-9-3-5-10(6-4-9)17(25)23-26)29(27,28)16-14(21)12(19)11(18)13(20)15(16)22/h3-6,8,26H,7H2,1-2H3,(H,23,25). The van der Waals surface area contributed by atoms with E-state index < -0.39 is 62.5 Å². The van der Waals surface area contributed by atoms with E-state index in [4.69, 9.17) is 5.21 Å². The quantitative estimate of drug-likeness (QED) is 0.239. The van der Waals surface area contributed by atoms with E-state index in [0.29, 0.717) is 4.31 Å². The molecule has 0 fully saturated rings. The lowest BCUT2D eigenvalue weighted by Gasteiger charge is -2.26. The molecule has 0 aliphatic rings. The second-order valence-electron chi connectivity index (χ2n) is 6.18. The summed E-state index contributed by atoms with van der Waals surface area (Å²) in [4.78, 5) is 9.37. The Labute approximate surface area is 162 Å².